The molecule has 5 rings (SSSR count). The minimum Gasteiger partial charge on any atom is -0.505 e. The number of benzene rings is 3. The molecular weight excluding hydrogens is 420 g/mol. The number of aromatic carboxylic acids is 1. The Bertz CT molecular complexity index is 1380. The summed E-state index contributed by atoms with van der Waals surface area (Å²) >= 11 is 0. The van der Waals surface area contributed by atoms with E-state index in [1.807, 2.05) is 18.2 Å². The van der Waals surface area contributed by atoms with Gasteiger partial charge in [-0.05, 0) is 66.8 Å². The maximum Gasteiger partial charge on any atom is 0.335 e. The molecule has 164 valence electrons. The second-order valence-corrected chi connectivity index (χ2v) is 7.92. The Morgan fingerprint density at radius 3 is 2.58 bits per heavy atom. The zero-order chi connectivity index (χ0) is 23.1. The number of hydrazone groups is 2. The molecule has 1 aliphatic heterocycles. The normalized spacial score (nSPS) is 15.8. The number of aryl methyl sites for hydroxylation is 2. The van der Waals surface area contributed by atoms with Crippen LogP contribution in [0.1, 0.15) is 28.4 Å². The number of nitrogens with one attached hydrogen (secondary N) is 1. The number of phenolic OH excluding ortho intramolecular Hbond substituents is 1. The molecule has 0 radical (unpaired) electrons. The quantitative estimate of drug-likeness (QED) is 0.409. The van der Waals surface area contributed by atoms with E-state index in [9.17, 15) is 19.8 Å². The Hall–Kier alpha value is -4.46. The number of para-hydroxylation sites is 1. The van der Waals surface area contributed by atoms with E-state index in [1.54, 1.807) is 37.3 Å². The first kappa shape index (κ1) is 20.4. The van der Waals surface area contributed by atoms with Crippen molar-refractivity contribution in [2.45, 2.75) is 19.8 Å². The smallest absolute Gasteiger partial charge is 0.335 e. The van der Waals surface area contributed by atoms with Crippen molar-refractivity contribution < 1.29 is 19.8 Å². The van der Waals surface area contributed by atoms with Gasteiger partial charge in [0.05, 0.1) is 22.6 Å². The van der Waals surface area contributed by atoms with Gasteiger partial charge in [0.2, 0.25) is 0 Å². The van der Waals surface area contributed by atoms with Crippen molar-refractivity contribution >= 4 is 34.7 Å². The molecule has 1 aliphatic carbocycles. The van der Waals surface area contributed by atoms with Crippen LogP contribution in [0, 0.1) is 0 Å². The highest BCUT2D eigenvalue weighted by molar-refractivity contribution is 6.71. The summed E-state index contributed by atoms with van der Waals surface area (Å²) in [6, 6.07) is 17.2. The standard InChI is InChI=1S/C25H20N4O4/c1-14-22(24(31)29(28-14)19-11-10-15-8-9-16(15)13-19)27-26-21-7-3-6-20(23(21)30)17-4-2-5-18(12-17)25(32)33/h2-7,10-13,26,30H,8-9H2,1H3,(H,32,33)/b27-22-. The van der Waals surface area contributed by atoms with E-state index < -0.39 is 5.97 Å². The first-order valence-corrected chi connectivity index (χ1v) is 10.4. The SMILES string of the molecule is CC1=NN(c2ccc3c(c2)CC3)C(=O)/C1=N\Nc1cccc(-c2cccc(C(=O)O)c2)c1O. The predicted molar refractivity (Wildman–Crippen MR) is 126 cm³/mol. The molecule has 8 heteroatoms. The van der Waals surface area contributed by atoms with Crippen molar-refractivity contribution in [3.05, 3.63) is 77.4 Å². The van der Waals surface area contributed by atoms with Crippen LogP contribution in [0.4, 0.5) is 11.4 Å². The Labute approximate surface area is 189 Å². The minimum absolute atomic E-state index is 0.108. The molecule has 0 fully saturated rings. The van der Waals surface area contributed by atoms with Gasteiger partial charge in [0.1, 0.15) is 5.75 Å². The summed E-state index contributed by atoms with van der Waals surface area (Å²) in [7, 11) is 0. The molecule has 1 heterocycles. The molecule has 2 aliphatic rings. The minimum atomic E-state index is -1.05. The van der Waals surface area contributed by atoms with Gasteiger partial charge in [-0.15, -0.1) is 0 Å². The molecule has 0 bridgehead atoms. The number of hydrogen-bond donors (Lipinski definition) is 3. The van der Waals surface area contributed by atoms with Gasteiger partial charge >= 0.3 is 11.9 Å². The number of carbonyl (C=O) groups excluding carboxylic acids is 1. The van der Waals surface area contributed by atoms with Gasteiger partial charge in [-0.1, -0.05) is 30.3 Å². The zero-order valence-electron chi connectivity index (χ0n) is 17.7. The highest BCUT2D eigenvalue weighted by atomic mass is 16.4. The highest BCUT2D eigenvalue weighted by Crippen LogP contribution is 2.36. The van der Waals surface area contributed by atoms with Crippen LogP contribution in [0.5, 0.6) is 5.75 Å². The van der Waals surface area contributed by atoms with Gasteiger partial charge in [0.15, 0.2) is 5.71 Å². The average molecular weight is 440 g/mol. The van der Waals surface area contributed by atoms with Crippen molar-refractivity contribution in [3.8, 4) is 16.9 Å². The average Bonchev–Trinajstić information content (AvgIpc) is 3.07. The lowest BCUT2D eigenvalue weighted by atomic mass is 9.88. The molecule has 8 nitrogen and oxygen atoms in total. The number of aromatic hydroxyl groups is 1. The number of rotatable bonds is 5. The number of fused-ring (bicyclic) bond motifs is 1. The lowest BCUT2D eigenvalue weighted by Crippen LogP contribution is -2.28. The van der Waals surface area contributed by atoms with Crippen LogP contribution < -0.4 is 10.4 Å². The van der Waals surface area contributed by atoms with E-state index in [0.29, 0.717) is 22.5 Å². The van der Waals surface area contributed by atoms with Gasteiger partial charge in [-0.2, -0.15) is 15.2 Å². The number of anilines is 2. The maximum atomic E-state index is 12.9. The van der Waals surface area contributed by atoms with Crippen LogP contribution >= 0.6 is 0 Å². The van der Waals surface area contributed by atoms with Crippen LogP contribution in [0.15, 0.2) is 70.9 Å². The molecule has 0 atom stereocenters. The van der Waals surface area contributed by atoms with Crippen molar-refractivity contribution in [1.82, 2.24) is 0 Å². The third kappa shape index (κ3) is 3.61. The first-order chi connectivity index (χ1) is 15.9. The molecule has 0 saturated heterocycles. The number of carbonyl (C=O) groups is 2. The number of amides is 1. The summed E-state index contributed by atoms with van der Waals surface area (Å²) in [5, 5.41) is 29.9. The van der Waals surface area contributed by atoms with Crippen molar-refractivity contribution in [3.63, 3.8) is 0 Å². The van der Waals surface area contributed by atoms with Crippen LogP contribution in [0.3, 0.4) is 0 Å². The second-order valence-electron chi connectivity index (χ2n) is 7.92. The number of nitrogens with zero attached hydrogens (tertiary/aromatic N) is 3. The van der Waals surface area contributed by atoms with Crippen LogP contribution in [0.2, 0.25) is 0 Å². The fourth-order valence-corrected chi connectivity index (χ4v) is 3.92. The topological polar surface area (TPSA) is 115 Å². The summed E-state index contributed by atoms with van der Waals surface area (Å²) in [4.78, 5) is 24.2. The predicted octanol–water partition coefficient (Wildman–Crippen LogP) is 4.05. The fraction of sp³-hybridized carbons (Fsp3) is 0.120. The Balaban J connectivity index is 1.40. The van der Waals surface area contributed by atoms with E-state index in [0.717, 1.165) is 12.8 Å². The monoisotopic (exact) mass is 440 g/mol. The molecule has 3 N–H and O–H groups in total. The Morgan fingerprint density at radius 1 is 1.06 bits per heavy atom. The Kier molecular flexibility index (Phi) is 4.90. The third-order valence-electron chi connectivity index (χ3n) is 5.83. The van der Waals surface area contributed by atoms with Crippen LogP contribution in [0.25, 0.3) is 11.1 Å². The van der Waals surface area contributed by atoms with Crippen LogP contribution in [-0.4, -0.2) is 33.5 Å². The van der Waals surface area contributed by atoms with Crippen molar-refractivity contribution in [2.75, 3.05) is 10.4 Å². The van der Waals surface area contributed by atoms with Crippen molar-refractivity contribution in [1.29, 1.82) is 0 Å². The summed E-state index contributed by atoms with van der Waals surface area (Å²) in [6.07, 6.45) is 2.06. The summed E-state index contributed by atoms with van der Waals surface area (Å²) in [5.74, 6) is -1.52. The van der Waals surface area contributed by atoms with Crippen molar-refractivity contribution in [2.24, 2.45) is 10.2 Å². The van der Waals surface area contributed by atoms with Gasteiger partial charge in [-0.3, -0.25) is 10.2 Å². The van der Waals surface area contributed by atoms with E-state index >= 15 is 0 Å². The van der Waals surface area contributed by atoms with Crippen LogP contribution in [-0.2, 0) is 17.6 Å². The second kappa shape index (κ2) is 7.90. The van der Waals surface area contributed by atoms with E-state index in [1.165, 1.54) is 28.3 Å². The number of carboxylic acid groups (broad SMARTS) is 1. The highest BCUT2D eigenvalue weighted by Gasteiger charge is 2.31. The van der Waals surface area contributed by atoms with E-state index in [2.05, 4.69) is 15.6 Å². The fourth-order valence-electron chi connectivity index (χ4n) is 3.92. The molecular formula is C25H20N4O4. The molecule has 33 heavy (non-hydrogen) atoms. The van der Waals surface area contributed by atoms with Gasteiger partial charge < -0.3 is 10.2 Å². The molecule has 3 aromatic carbocycles. The van der Waals surface area contributed by atoms with E-state index in [-0.39, 0.29) is 28.6 Å². The lowest BCUT2D eigenvalue weighted by Gasteiger charge is -2.21. The summed E-state index contributed by atoms with van der Waals surface area (Å²) in [5.41, 5.74) is 7.97. The molecule has 0 unspecified atom stereocenters. The first-order valence-electron chi connectivity index (χ1n) is 10.4. The Morgan fingerprint density at radius 2 is 1.85 bits per heavy atom. The number of hydrogen-bond acceptors (Lipinski definition) is 6. The number of carboxylic acids is 1. The molecule has 0 aromatic heterocycles. The molecule has 1 amide bonds. The zero-order valence-corrected chi connectivity index (χ0v) is 17.7. The number of phenols is 1. The molecule has 0 spiro atoms. The summed E-state index contributed by atoms with van der Waals surface area (Å²) in [6.45, 7) is 1.70. The maximum absolute atomic E-state index is 12.9. The van der Waals surface area contributed by atoms with Gasteiger partial charge in [-0.25, -0.2) is 4.79 Å². The third-order valence-corrected chi connectivity index (χ3v) is 5.83. The molecule has 0 saturated carbocycles. The molecule has 3 aromatic rings. The van der Waals surface area contributed by atoms with E-state index in [4.69, 9.17) is 0 Å². The van der Waals surface area contributed by atoms with Gasteiger partial charge in [0, 0.05) is 5.56 Å². The lowest BCUT2D eigenvalue weighted by molar-refractivity contribution is -0.112. The van der Waals surface area contributed by atoms with Gasteiger partial charge in [0.25, 0.3) is 0 Å². The largest absolute Gasteiger partial charge is 0.505 e. The summed E-state index contributed by atoms with van der Waals surface area (Å²) < 4.78 is 0.